The fourth-order valence-electron chi connectivity index (χ4n) is 2.44. The molecule has 0 aliphatic carbocycles. The van der Waals surface area contributed by atoms with E-state index in [1.165, 1.54) is 11.3 Å². The van der Waals surface area contributed by atoms with Crippen LogP contribution >= 0.6 is 11.3 Å². The van der Waals surface area contributed by atoms with Crippen LogP contribution in [0.4, 0.5) is 5.69 Å². The first kappa shape index (κ1) is 14.4. The van der Waals surface area contributed by atoms with Gasteiger partial charge in [0.05, 0.1) is 11.6 Å². The molecule has 0 bridgehead atoms. The number of thiophene rings is 1. The van der Waals surface area contributed by atoms with Gasteiger partial charge in [-0.05, 0) is 52.2 Å². The molecular weight excluding hydrogens is 288 g/mol. The van der Waals surface area contributed by atoms with Gasteiger partial charge in [-0.2, -0.15) is 16.6 Å². The van der Waals surface area contributed by atoms with Crippen molar-refractivity contribution < 1.29 is 0 Å². The summed E-state index contributed by atoms with van der Waals surface area (Å²) >= 11 is 1.72. The van der Waals surface area contributed by atoms with Gasteiger partial charge in [-0.15, -0.1) is 0 Å². The monoisotopic (exact) mass is 304 g/mol. The number of nitriles is 1. The van der Waals surface area contributed by atoms with Gasteiger partial charge in [0.15, 0.2) is 0 Å². The zero-order valence-corrected chi connectivity index (χ0v) is 13.0. The summed E-state index contributed by atoms with van der Waals surface area (Å²) < 4.78 is 0. The van der Waals surface area contributed by atoms with E-state index in [9.17, 15) is 0 Å². The first-order chi connectivity index (χ1) is 10.8. The molecule has 3 aromatic rings. The maximum Gasteiger partial charge on any atom is 0.0991 e. The number of para-hydroxylation sites is 1. The minimum atomic E-state index is 0.709. The standard InChI is InChI=1S/C19H16N2S/c20-12-16-5-4-6-17(11-16)13-21(14-18-9-10-22-15-18)19-7-2-1-3-8-19/h1-11,15H,13-14H2. The lowest BCUT2D eigenvalue weighted by Gasteiger charge is -2.25. The third kappa shape index (κ3) is 3.55. The topological polar surface area (TPSA) is 27.0 Å². The molecule has 0 aliphatic rings. The highest BCUT2D eigenvalue weighted by Gasteiger charge is 2.09. The highest BCUT2D eigenvalue weighted by Crippen LogP contribution is 2.21. The summed E-state index contributed by atoms with van der Waals surface area (Å²) in [6, 6.07) is 22.6. The predicted molar refractivity (Wildman–Crippen MR) is 91.8 cm³/mol. The van der Waals surface area contributed by atoms with Crippen molar-refractivity contribution in [1.82, 2.24) is 0 Å². The second-order valence-electron chi connectivity index (χ2n) is 5.14. The second kappa shape index (κ2) is 6.93. The SMILES string of the molecule is N#Cc1cccc(CN(Cc2ccsc2)c2ccccc2)c1. The minimum Gasteiger partial charge on any atom is -0.363 e. The summed E-state index contributed by atoms with van der Waals surface area (Å²) in [5.74, 6) is 0. The lowest BCUT2D eigenvalue weighted by Crippen LogP contribution is -2.21. The Balaban J connectivity index is 1.86. The van der Waals surface area contributed by atoms with Crippen molar-refractivity contribution >= 4 is 17.0 Å². The molecule has 1 aromatic heterocycles. The van der Waals surface area contributed by atoms with Crippen LogP contribution in [-0.4, -0.2) is 0 Å². The van der Waals surface area contributed by atoms with Crippen LogP contribution in [0.15, 0.2) is 71.4 Å². The van der Waals surface area contributed by atoms with Crippen LogP contribution in [0, 0.1) is 11.3 Å². The van der Waals surface area contributed by atoms with Gasteiger partial charge in [0.1, 0.15) is 0 Å². The molecule has 0 amide bonds. The van der Waals surface area contributed by atoms with Crippen LogP contribution in [0.2, 0.25) is 0 Å². The number of nitrogens with zero attached hydrogens (tertiary/aromatic N) is 2. The molecule has 3 rings (SSSR count). The van der Waals surface area contributed by atoms with Crippen molar-refractivity contribution in [2.75, 3.05) is 4.90 Å². The van der Waals surface area contributed by atoms with Crippen LogP contribution in [0.3, 0.4) is 0 Å². The van der Waals surface area contributed by atoms with Gasteiger partial charge in [-0.3, -0.25) is 0 Å². The third-order valence-corrected chi connectivity index (χ3v) is 4.24. The molecule has 0 unspecified atom stereocenters. The molecule has 108 valence electrons. The smallest absolute Gasteiger partial charge is 0.0991 e. The van der Waals surface area contributed by atoms with E-state index in [1.807, 2.05) is 24.3 Å². The molecule has 0 radical (unpaired) electrons. The Labute approximate surface area is 134 Å². The van der Waals surface area contributed by atoms with Crippen molar-refractivity contribution in [1.29, 1.82) is 5.26 Å². The van der Waals surface area contributed by atoms with E-state index in [4.69, 9.17) is 5.26 Å². The summed E-state index contributed by atoms with van der Waals surface area (Å²) in [4.78, 5) is 2.33. The lowest BCUT2D eigenvalue weighted by molar-refractivity contribution is 0.802. The van der Waals surface area contributed by atoms with Crippen molar-refractivity contribution in [3.05, 3.63) is 88.1 Å². The fourth-order valence-corrected chi connectivity index (χ4v) is 3.10. The van der Waals surface area contributed by atoms with Crippen molar-refractivity contribution in [3.8, 4) is 6.07 Å². The molecule has 0 spiro atoms. The number of benzene rings is 2. The molecule has 3 heteroatoms. The van der Waals surface area contributed by atoms with Crippen LogP contribution in [0.5, 0.6) is 0 Å². The molecule has 0 aliphatic heterocycles. The largest absolute Gasteiger partial charge is 0.363 e. The van der Waals surface area contributed by atoms with Crippen LogP contribution in [0.1, 0.15) is 16.7 Å². The molecule has 2 aromatic carbocycles. The summed E-state index contributed by atoms with van der Waals surface area (Å²) in [7, 11) is 0. The average molecular weight is 304 g/mol. The summed E-state index contributed by atoms with van der Waals surface area (Å²) in [5, 5.41) is 13.3. The Morgan fingerprint density at radius 2 is 1.73 bits per heavy atom. The number of hydrogen-bond acceptors (Lipinski definition) is 3. The maximum absolute atomic E-state index is 9.06. The first-order valence-electron chi connectivity index (χ1n) is 7.15. The summed E-state index contributed by atoms with van der Waals surface area (Å²) in [5.41, 5.74) is 4.36. The van der Waals surface area contributed by atoms with Gasteiger partial charge in [-0.1, -0.05) is 30.3 Å². The molecule has 0 saturated carbocycles. The Morgan fingerprint density at radius 3 is 2.45 bits per heavy atom. The fraction of sp³-hybridized carbons (Fsp3) is 0.105. The van der Waals surface area contributed by atoms with E-state index in [0.717, 1.165) is 18.7 Å². The zero-order chi connectivity index (χ0) is 15.2. The van der Waals surface area contributed by atoms with E-state index < -0.39 is 0 Å². The molecule has 0 atom stereocenters. The predicted octanol–water partition coefficient (Wildman–Crippen LogP) is 4.83. The second-order valence-corrected chi connectivity index (χ2v) is 5.92. The highest BCUT2D eigenvalue weighted by atomic mass is 32.1. The summed E-state index contributed by atoms with van der Waals surface area (Å²) in [6.07, 6.45) is 0. The minimum absolute atomic E-state index is 0.709. The van der Waals surface area contributed by atoms with Gasteiger partial charge < -0.3 is 4.90 Å². The molecule has 2 nitrogen and oxygen atoms in total. The average Bonchev–Trinajstić information content (AvgIpc) is 3.08. The van der Waals surface area contributed by atoms with E-state index in [2.05, 4.69) is 58.1 Å². The van der Waals surface area contributed by atoms with E-state index in [-0.39, 0.29) is 0 Å². The van der Waals surface area contributed by atoms with Gasteiger partial charge in [0.2, 0.25) is 0 Å². The van der Waals surface area contributed by atoms with Crippen LogP contribution < -0.4 is 4.90 Å². The molecule has 0 N–H and O–H groups in total. The Hall–Kier alpha value is -2.57. The molecule has 22 heavy (non-hydrogen) atoms. The molecule has 1 heterocycles. The van der Waals surface area contributed by atoms with Crippen LogP contribution in [0.25, 0.3) is 0 Å². The van der Waals surface area contributed by atoms with Crippen molar-refractivity contribution in [3.63, 3.8) is 0 Å². The highest BCUT2D eigenvalue weighted by molar-refractivity contribution is 7.07. The number of anilines is 1. The quantitative estimate of drug-likeness (QED) is 0.675. The molecular formula is C19H16N2S. The van der Waals surface area contributed by atoms with Gasteiger partial charge in [0, 0.05) is 18.8 Å². The first-order valence-corrected chi connectivity index (χ1v) is 8.09. The van der Waals surface area contributed by atoms with Crippen molar-refractivity contribution in [2.24, 2.45) is 0 Å². The zero-order valence-electron chi connectivity index (χ0n) is 12.1. The Morgan fingerprint density at radius 1 is 0.909 bits per heavy atom. The number of hydrogen-bond donors (Lipinski definition) is 0. The normalized spacial score (nSPS) is 10.1. The number of rotatable bonds is 5. The maximum atomic E-state index is 9.06. The third-order valence-electron chi connectivity index (χ3n) is 3.50. The van der Waals surface area contributed by atoms with Gasteiger partial charge in [-0.25, -0.2) is 0 Å². The Kier molecular flexibility index (Phi) is 4.53. The lowest BCUT2D eigenvalue weighted by atomic mass is 10.1. The van der Waals surface area contributed by atoms with E-state index in [1.54, 1.807) is 11.3 Å². The molecule has 0 fully saturated rings. The van der Waals surface area contributed by atoms with E-state index in [0.29, 0.717) is 5.56 Å². The van der Waals surface area contributed by atoms with Gasteiger partial charge >= 0.3 is 0 Å². The van der Waals surface area contributed by atoms with Gasteiger partial charge in [0.25, 0.3) is 0 Å². The van der Waals surface area contributed by atoms with Crippen molar-refractivity contribution in [2.45, 2.75) is 13.1 Å². The summed E-state index contributed by atoms with van der Waals surface area (Å²) in [6.45, 7) is 1.65. The van der Waals surface area contributed by atoms with E-state index >= 15 is 0 Å². The Bertz CT molecular complexity index is 758. The van der Waals surface area contributed by atoms with Crippen LogP contribution in [-0.2, 0) is 13.1 Å². The molecule has 0 saturated heterocycles.